The van der Waals surface area contributed by atoms with Crippen LogP contribution in [0.25, 0.3) is 0 Å². The first-order valence-corrected chi connectivity index (χ1v) is 6.61. The molecule has 0 saturated carbocycles. The van der Waals surface area contributed by atoms with Crippen LogP contribution in [0.2, 0.25) is 0 Å². The Hall–Kier alpha value is -2.11. The Labute approximate surface area is 118 Å². The van der Waals surface area contributed by atoms with Crippen molar-refractivity contribution in [3.8, 4) is 5.75 Å². The molecule has 0 aliphatic carbocycles. The Kier molecular flexibility index (Phi) is 6.49. The van der Waals surface area contributed by atoms with E-state index in [4.69, 9.17) is 14.2 Å². The molecule has 0 fully saturated rings. The Morgan fingerprint density at radius 1 is 1.00 bits per heavy atom. The van der Waals surface area contributed by atoms with Crippen molar-refractivity contribution in [3.63, 3.8) is 0 Å². The molecule has 0 amide bonds. The van der Waals surface area contributed by atoms with Gasteiger partial charge in [0, 0.05) is 12.1 Å². The Morgan fingerprint density at radius 2 is 1.50 bits per heavy atom. The van der Waals surface area contributed by atoms with Crippen LogP contribution in [0.15, 0.2) is 12.1 Å². The van der Waals surface area contributed by atoms with Crippen molar-refractivity contribution < 1.29 is 23.8 Å². The maximum Gasteiger partial charge on any atom is 0.357 e. The van der Waals surface area contributed by atoms with Crippen molar-refractivity contribution in [3.05, 3.63) is 23.5 Å². The molecule has 20 heavy (non-hydrogen) atoms. The minimum Gasteiger partial charge on any atom is -0.493 e. The number of rotatable bonds is 7. The van der Waals surface area contributed by atoms with Gasteiger partial charge in [0.15, 0.2) is 11.4 Å². The summed E-state index contributed by atoms with van der Waals surface area (Å²) in [6.45, 7) is 6.29. The summed E-state index contributed by atoms with van der Waals surface area (Å²) in [7, 11) is 0. The third-order valence-corrected chi connectivity index (χ3v) is 2.24. The van der Waals surface area contributed by atoms with E-state index in [9.17, 15) is 9.59 Å². The predicted molar refractivity (Wildman–Crippen MR) is 71.9 cm³/mol. The molecule has 110 valence electrons. The summed E-state index contributed by atoms with van der Waals surface area (Å²) in [6, 6.07) is 2.91. The molecule has 1 aromatic rings. The lowest BCUT2D eigenvalue weighted by Gasteiger charge is -2.09. The van der Waals surface area contributed by atoms with Crippen LogP contribution in [0.1, 0.15) is 48.2 Å². The van der Waals surface area contributed by atoms with Crippen LogP contribution in [0.3, 0.4) is 0 Å². The highest BCUT2D eigenvalue weighted by Crippen LogP contribution is 2.16. The van der Waals surface area contributed by atoms with E-state index < -0.39 is 11.9 Å². The molecule has 0 N–H and O–H groups in total. The van der Waals surface area contributed by atoms with Gasteiger partial charge in [-0.25, -0.2) is 14.6 Å². The topological polar surface area (TPSA) is 74.7 Å². The van der Waals surface area contributed by atoms with Crippen LogP contribution in [-0.4, -0.2) is 36.7 Å². The van der Waals surface area contributed by atoms with Gasteiger partial charge in [0.2, 0.25) is 0 Å². The number of hydrogen-bond donors (Lipinski definition) is 0. The van der Waals surface area contributed by atoms with Crippen LogP contribution >= 0.6 is 0 Å². The zero-order chi connectivity index (χ0) is 15.0. The lowest BCUT2D eigenvalue weighted by atomic mass is 10.2. The van der Waals surface area contributed by atoms with E-state index in [1.165, 1.54) is 12.1 Å². The van der Waals surface area contributed by atoms with E-state index in [2.05, 4.69) is 4.98 Å². The van der Waals surface area contributed by atoms with Crippen molar-refractivity contribution in [2.45, 2.75) is 27.2 Å². The van der Waals surface area contributed by atoms with E-state index in [0.29, 0.717) is 12.4 Å². The summed E-state index contributed by atoms with van der Waals surface area (Å²) < 4.78 is 15.2. The number of aromatic nitrogens is 1. The summed E-state index contributed by atoms with van der Waals surface area (Å²) in [5.74, 6) is -0.798. The lowest BCUT2D eigenvalue weighted by molar-refractivity contribution is 0.0510. The van der Waals surface area contributed by atoms with Gasteiger partial charge in [0.25, 0.3) is 0 Å². The summed E-state index contributed by atoms with van der Waals surface area (Å²) in [4.78, 5) is 27.4. The highest BCUT2D eigenvalue weighted by atomic mass is 16.5. The van der Waals surface area contributed by atoms with Gasteiger partial charge in [0.05, 0.1) is 19.8 Å². The van der Waals surface area contributed by atoms with Crippen LogP contribution in [-0.2, 0) is 9.47 Å². The fourth-order valence-corrected chi connectivity index (χ4v) is 1.43. The van der Waals surface area contributed by atoms with Crippen molar-refractivity contribution in [1.29, 1.82) is 0 Å². The number of hydrogen-bond acceptors (Lipinski definition) is 6. The van der Waals surface area contributed by atoms with Gasteiger partial charge in [0.1, 0.15) is 5.75 Å². The average molecular weight is 281 g/mol. The molecule has 1 heterocycles. The number of carbonyl (C=O) groups excluding carboxylic acids is 2. The van der Waals surface area contributed by atoms with E-state index in [1.807, 2.05) is 6.92 Å². The second kappa shape index (κ2) is 8.14. The molecular weight excluding hydrogens is 262 g/mol. The summed E-state index contributed by atoms with van der Waals surface area (Å²) in [5, 5.41) is 0. The maximum absolute atomic E-state index is 11.7. The lowest BCUT2D eigenvalue weighted by Crippen LogP contribution is -2.13. The molecule has 1 aromatic heterocycles. The summed E-state index contributed by atoms with van der Waals surface area (Å²) in [5.41, 5.74) is 0.0620. The van der Waals surface area contributed by atoms with Crippen molar-refractivity contribution >= 4 is 11.9 Å². The maximum atomic E-state index is 11.7. The Morgan fingerprint density at radius 3 is 1.90 bits per heavy atom. The van der Waals surface area contributed by atoms with Gasteiger partial charge >= 0.3 is 11.9 Å². The minimum absolute atomic E-state index is 0.0310. The third-order valence-electron chi connectivity index (χ3n) is 2.24. The smallest absolute Gasteiger partial charge is 0.357 e. The van der Waals surface area contributed by atoms with E-state index in [1.54, 1.807) is 13.8 Å². The first-order chi connectivity index (χ1) is 9.62. The van der Waals surface area contributed by atoms with Gasteiger partial charge in [-0.15, -0.1) is 0 Å². The fourth-order valence-electron chi connectivity index (χ4n) is 1.43. The largest absolute Gasteiger partial charge is 0.493 e. The van der Waals surface area contributed by atoms with Gasteiger partial charge < -0.3 is 14.2 Å². The molecule has 0 atom stereocenters. The molecule has 0 saturated heterocycles. The van der Waals surface area contributed by atoms with Crippen LogP contribution < -0.4 is 4.74 Å². The number of carbonyl (C=O) groups is 2. The standard InChI is InChI=1S/C14H19NO5/c1-4-7-20-10-8-11(13(16)18-5-2)15-12(9-10)14(17)19-6-3/h8-9H,4-7H2,1-3H3. The van der Waals surface area contributed by atoms with Crippen molar-refractivity contribution in [1.82, 2.24) is 4.98 Å². The zero-order valence-corrected chi connectivity index (χ0v) is 12.0. The molecule has 0 aliphatic heterocycles. The highest BCUT2D eigenvalue weighted by molar-refractivity contribution is 5.92. The average Bonchev–Trinajstić information content (AvgIpc) is 2.45. The third kappa shape index (κ3) is 4.53. The second-order valence-corrected chi connectivity index (χ2v) is 3.86. The monoisotopic (exact) mass is 281 g/mol. The van der Waals surface area contributed by atoms with Crippen LogP contribution in [0, 0.1) is 0 Å². The number of esters is 2. The Balaban J connectivity index is 3.06. The van der Waals surface area contributed by atoms with E-state index in [0.717, 1.165) is 6.42 Å². The fraction of sp³-hybridized carbons (Fsp3) is 0.500. The molecule has 0 bridgehead atoms. The van der Waals surface area contributed by atoms with Crippen LogP contribution in [0.4, 0.5) is 0 Å². The summed E-state index contributed by atoms with van der Waals surface area (Å²) in [6.07, 6.45) is 0.811. The molecule has 0 radical (unpaired) electrons. The van der Waals surface area contributed by atoms with Crippen LogP contribution in [0.5, 0.6) is 5.75 Å². The first-order valence-electron chi connectivity index (χ1n) is 6.61. The number of pyridine rings is 1. The molecule has 6 nitrogen and oxygen atoms in total. The number of nitrogens with zero attached hydrogens (tertiary/aromatic N) is 1. The highest BCUT2D eigenvalue weighted by Gasteiger charge is 2.17. The first kappa shape index (κ1) is 15.9. The molecule has 0 aromatic carbocycles. The molecule has 0 spiro atoms. The summed E-state index contributed by atoms with van der Waals surface area (Å²) >= 11 is 0. The van der Waals surface area contributed by atoms with E-state index >= 15 is 0 Å². The molecule has 0 aliphatic rings. The van der Waals surface area contributed by atoms with Gasteiger partial charge in [-0.1, -0.05) is 6.92 Å². The predicted octanol–water partition coefficient (Wildman–Crippen LogP) is 2.22. The van der Waals surface area contributed by atoms with Gasteiger partial charge in [-0.2, -0.15) is 0 Å². The molecule has 1 rings (SSSR count). The molecule has 6 heteroatoms. The Bertz CT molecular complexity index is 436. The zero-order valence-electron chi connectivity index (χ0n) is 12.0. The van der Waals surface area contributed by atoms with Crippen molar-refractivity contribution in [2.24, 2.45) is 0 Å². The normalized spacial score (nSPS) is 9.95. The number of ether oxygens (including phenoxy) is 3. The van der Waals surface area contributed by atoms with Gasteiger partial charge in [-0.3, -0.25) is 0 Å². The second-order valence-electron chi connectivity index (χ2n) is 3.86. The van der Waals surface area contributed by atoms with E-state index in [-0.39, 0.29) is 24.6 Å². The SMILES string of the molecule is CCCOc1cc(C(=O)OCC)nc(C(=O)OCC)c1. The van der Waals surface area contributed by atoms with Gasteiger partial charge in [-0.05, 0) is 20.3 Å². The minimum atomic E-state index is -0.597. The molecule has 0 unspecified atom stereocenters. The van der Waals surface area contributed by atoms with Crippen molar-refractivity contribution in [2.75, 3.05) is 19.8 Å². The quantitative estimate of drug-likeness (QED) is 0.713. The molecular formula is C14H19NO5.